The number of carbonyl (C=O) groups excluding carboxylic acids is 1. The Bertz CT molecular complexity index is 291. The fourth-order valence-electron chi connectivity index (χ4n) is 2.07. The van der Waals surface area contributed by atoms with Crippen LogP contribution in [0.1, 0.15) is 33.6 Å². The second-order valence-corrected chi connectivity index (χ2v) is 5.51. The molecule has 1 saturated heterocycles. The van der Waals surface area contributed by atoms with Gasteiger partial charge in [0.1, 0.15) is 6.54 Å². The molecule has 5 nitrogen and oxygen atoms in total. The number of carboxylic acid groups (broad SMARTS) is 1. The molecular weight excluding hydrogens is 220 g/mol. The lowest BCUT2D eigenvalue weighted by molar-refractivity contribution is -0.151. The van der Waals surface area contributed by atoms with E-state index in [2.05, 4.69) is 5.32 Å². The molecule has 2 N–H and O–H groups in total. The summed E-state index contributed by atoms with van der Waals surface area (Å²) in [6, 6.07) is 0. The van der Waals surface area contributed by atoms with E-state index >= 15 is 0 Å². The number of carbonyl (C=O) groups is 2. The van der Waals surface area contributed by atoms with Crippen molar-refractivity contribution in [2.24, 2.45) is 5.92 Å². The van der Waals surface area contributed by atoms with Crippen LogP contribution >= 0.6 is 0 Å². The topological polar surface area (TPSA) is 69.6 Å². The zero-order valence-electron chi connectivity index (χ0n) is 10.8. The monoisotopic (exact) mass is 242 g/mol. The molecule has 1 heterocycles. The Hall–Kier alpha value is -1.10. The van der Waals surface area contributed by atoms with Gasteiger partial charge >= 0.3 is 5.97 Å². The highest BCUT2D eigenvalue weighted by molar-refractivity contribution is 5.83. The molecule has 0 aromatic rings. The number of carboxylic acids is 1. The Morgan fingerprint density at radius 1 is 1.29 bits per heavy atom. The zero-order chi connectivity index (χ0) is 13.1. The Labute approximate surface area is 102 Å². The van der Waals surface area contributed by atoms with Gasteiger partial charge in [-0.2, -0.15) is 0 Å². The number of hydrogen-bond donors (Lipinski definition) is 2. The van der Waals surface area contributed by atoms with E-state index in [0.29, 0.717) is 0 Å². The summed E-state index contributed by atoms with van der Waals surface area (Å²) in [7, 11) is 0. The minimum Gasteiger partial charge on any atom is -0.480 e. The molecule has 0 saturated carbocycles. The van der Waals surface area contributed by atoms with Crippen LogP contribution in [0, 0.1) is 5.92 Å². The summed E-state index contributed by atoms with van der Waals surface area (Å²) in [5.74, 6) is -1.02. The summed E-state index contributed by atoms with van der Waals surface area (Å²) >= 11 is 0. The third-order valence-corrected chi connectivity index (χ3v) is 3.06. The first-order chi connectivity index (χ1) is 7.82. The van der Waals surface area contributed by atoms with Crippen molar-refractivity contribution >= 4 is 11.9 Å². The maximum atomic E-state index is 12.3. The molecule has 0 aromatic heterocycles. The van der Waals surface area contributed by atoms with E-state index in [-0.39, 0.29) is 18.4 Å². The molecule has 1 fully saturated rings. The van der Waals surface area contributed by atoms with E-state index in [0.717, 1.165) is 25.9 Å². The van der Waals surface area contributed by atoms with Gasteiger partial charge < -0.3 is 15.3 Å². The van der Waals surface area contributed by atoms with Crippen LogP contribution in [0.3, 0.4) is 0 Å². The van der Waals surface area contributed by atoms with Crippen LogP contribution in [-0.4, -0.2) is 47.1 Å². The van der Waals surface area contributed by atoms with Crippen molar-refractivity contribution in [1.82, 2.24) is 10.2 Å². The van der Waals surface area contributed by atoms with Crippen molar-refractivity contribution < 1.29 is 14.7 Å². The molecule has 0 aliphatic carbocycles. The number of nitrogens with one attached hydrogen (secondary N) is 1. The van der Waals surface area contributed by atoms with Gasteiger partial charge in [-0.15, -0.1) is 0 Å². The molecular formula is C12H22N2O3. The largest absolute Gasteiger partial charge is 0.480 e. The molecule has 17 heavy (non-hydrogen) atoms. The highest BCUT2D eigenvalue weighted by Crippen LogP contribution is 2.21. The quantitative estimate of drug-likeness (QED) is 0.764. The lowest BCUT2D eigenvalue weighted by atomic mass is 9.94. The average Bonchev–Trinajstić information content (AvgIpc) is 2.24. The molecule has 1 aliphatic heterocycles. The van der Waals surface area contributed by atoms with Gasteiger partial charge in [0.15, 0.2) is 0 Å². The zero-order valence-corrected chi connectivity index (χ0v) is 10.8. The van der Waals surface area contributed by atoms with Crippen molar-refractivity contribution in [3.63, 3.8) is 0 Å². The second kappa shape index (κ2) is 5.49. The van der Waals surface area contributed by atoms with Crippen molar-refractivity contribution in [1.29, 1.82) is 0 Å². The maximum absolute atomic E-state index is 12.3. The molecule has 1 amide bonds. The molecule has 0 atom stereocenters. The van der Waals surface area contributed by atoms with E-state index in [4.69, 9.17) is 5.11 Å². The van der Waals surface area contributed by atoms with Crippen molar-refractivity contribution in [2.45, 2.75) is 39.2 Å². The minimum atomic E-state index is -0.956. The van der Waals surface area contributed by atoms with Crippen LogP contribution in [0.5, 0.6) is 0 Å². The van der Waals surface area contributed by atoms with E-state index < -0.39 is 11.5 Å². The Morgan fingerprint density at radius 3 is 2.24 bits per heavy atom. The standard InChI is InChI=1S/C12H22N2O3/c1-12(2,3)14(8-10(15)16)11(17)9-4-6-13-7-5-9/h9,13H,4-8H2,1-3H3,(H,15,16). The van der Waals surface area contributed by atoms with Gasteiger partial charge in [0.05, 0.1) is 0 Å². The molecule has 0 bridgehead atoms. The minimum absolute atomic E-state index is 0.0265. The number of nitrogens with zero attached hydrogens (tertiary/aromatic N) is 1. The summed E-state index contributed by atoms with van der Waals surface area (Å²) in [5, 5.41) is 12.1. The summed E-state index contributed by atoms with van der Waals surface area (Å²) in [6.07, 6.45) is 1.59. The van der Waals surface area contributed by atoms with Crippen LogP contribution < -0.4 is 5.32 Å². The van der Waals surface area contributed by atoms with E-state index in [1.165, 1.54) is 4.90 Å². The lowest BCUT2D eigenvalue weighted by Crippen LogP contribution is -2.51. The fourth-order valence-corrected chi connectivity index (χ4v) is 2.07. The highest BCUT2D eigenvalue weighted by Gasteiger charge is 2.33. The lowest BCUT2D eigenvalue weighted by Gasteiger charge is -2.37. The van der Waals surface area contributed by atoms with E-state index in [1.54, 1.807) is 0 Å². The van der Waals surface area contributed by atoms with Gasteiger partial charge in [0, 0.05) is 11.5 Å². The van der Waals surface area contributed by atoms with E-state index in [9.17, 15) is 9.59 Å². The second-order valence-electron chi connectivity index (χ2n) is 5.51. The first-order valence-electron chi connectivity index (χ1n) is 6.06. The molecule has 0 aromatic carbocycles. The molecule has 98 valence electrons. The number of hydrogen-bond acceptors (Lipinski definition) is 3. The first-order valence-corrected chi connectivity index (χ1v) is 6.06. The van der Waals surface area contributed by atoms with Crippen LogP contribution in [-0.2, 0) is 9.59 Å². The van der Waals surface area contributed by atoms with Gasteiger partial charge in [-0.25, -0.2) is 0 Å². The van der Waals surface area contributed by atoms with Crippen LogP contribution in [0.15, 0.2) is 0 Å². The molecule has 1 aliphatic rings. The predicted octanol–water partition coefficient (Wildman–Crippen LogP) is 0.698. The number of rotatable bonds is 3. The van der Waals surface area contributed by atoms with Gasteiger partial charge in [0.25, 0.3) is 0 Å². The van der Waals surface area contributed by atoms with Crippen molar-refractivity contribution in [3.05, 3.63) is 0 Å². The number of piperidine rings is 1. The third kappa shape index (κ3) is 4.00. The number of amides is 1. The normalized spacial score (nSPS) is 17.8. The molecule has 1 rings (SSSR count). The van der Waals surface area contributed by atoms with Crippen LogP contribution in [0.4, 0.5) is 0 Å². The van der Waals surface area contributed by atoms with Crippen LogP contribution in [0.2, 0.25) is 0 Å². The Morgan fingerprint density at radius 2 is 1.82 bits per heavy atom. The van der Waals surface area contributed by atoms with Gasteiger partial charge in [-0.1, -0.05) is 0 Å². The fraction of sp³-hybridized carbons (Fsp3) is 0.833. The predicted molar refractivity (Wildman–Crippen MR) is 64.7 cm³/mol. The average molecular weight is 242 g/mol. The van der Waals surface area contributed by atoms with Gasteiger partial charge in [-0.05, 0) is 46.7 Å². The summed E-state index contributed by atoms with van der Waals surface area (Å²) in [6.45, 7) is 7.06. The Kier molecular flexibility index (Phi) is 4.51. The number of aliphatic carboxylic acids is 1. The van der Waals surface area contributed by atoms with Gasteiger partial charge in [-0.3, -0.25) is 9.59 Å². The summed E-state index contributed by atoms with van der Waals surface area (Å²) in [5.41, 5.74) is -0.444. The van der Waals surface area contributed by atoms with Gasteiger partial charge in [0.2, 0.25) is 5.91 Å². The highest BCUT2D eigenvalue weighted by atomic mass is 16.4. The summed E-state index contributed by atoms with van der Waals surface area (Å²) in [4.78, 5) is 24.6. The molecule has 0 unspecified atom stereocenters. The molecule has 0 radical (unpaired) electrons. The molecule has 0 spiro atoms. The maximum Gasteiger partial charge on any atom is 0.323 e. The van der Waals surface area contributed by atoms with Crippen molar-refractivity contribution in [3.8, 4) is 0 Å². The smallest absolute Gasteiger partial charge is 0.323 e. The Balaban J connectivity index is 2.74. The first kappa shape index (κ1) is 14.0. The summed E-state index contributed by atoms with van der Waals surface area (Å²) < 4.78 is 0. The SMILES string of the molecule is CC(C)(C)N(CC(=O)O)C(=O)C1CCNCC1. The molecule has 5 heteroatoms. The van der Waals surface area contributed by atoms with E-state index in [1.807, 2.05) is 20.8 Å². The van der Waals surface area contributed by atoms with Crippen molar-refractivity contribution in [2.75, 3.05) is 19.6 Å². The van der Waals surface area contributed by atoms with Crippen LogP contribution in [0.25, 0.3) is 0 Å². The third-order valence-electron chi connectivity index (χ3n) is 3.06.